The molecular weight excluding hydrogens is 208 g/mol. The molecule has 2 bridgehead atoms. The summed E-state index contributed by atoms with van der Waals surface area (Å²) in [6, 6.07) is 0. The third-order valence-corrected chi connectivity index (χ3v) is 7.83. The topological polar surface area (TPSA) is 43.4 Å². The lowest BCUT2D eigenvalue weighted by molar-refractivity contribution is 0.119. The van der Waals surface area contributed by atoms with Gasteiger partial charge in [-0.2, -0.15) is 0 Å². The Bertz CT molecular complexity index is 320. The van der Waals surface area contributed by atoms with E-state index in [-0.39, 0.29) is 12.2 Å². The highest BCUT2D eigenvalue weighted by Gasteiger charge is 2.60. The normalized spacial score (nSPS) is 50.8. The lowest BCUT2D eigenvalue weighted by atomic mass is 10.1. The van der Waals surface area contributed by atoms with Gasteiger partial charge in [-0.15, -0.1) is 0 Å². The van der Waals surface area contributed by atoms with Crippen molar-refractivity contribution >= 4 is 21.6 Å². The average molecular weight is 218 g/mol. The van der Waals surface area contributed by atoms with Gasteiger partial charge in [-0.3, -0.25) is 8.42 Å². The summed E-state index contributed by atoms with van der Waals surface area (Å²) in [5.41, 5.74) is 0. The number of hydrogen-bond donors (Lipinski definition) is 0. The second kappa shape index (κ2) is 2.52. The van der Waals surface area contributed by atoms with Gasteiger partial charge in [0.2, 0.25) is 0 Å². The van der Waals surface area contributed by atoms with Gasteiger partial charge in [-0.1, -0.05) is 12.2 Å². The summed E-state index contributed by atoms with van der Waals surface area (Å²) in [6.07, 6.45) is 4.52. The molecule has 3 nitrogen and oxygen atoms in total. The maximum absolute atomic E-state index is 11.8. The molecule has 2 fully saturated rings. The van der Waals surface area contributed by atoms with E-state index < -0.39 is 25.7 Å². The van der Waals surface area contributed by atoms with Crippen LogP contribution < -0.4 is 0 Å². The van der Waals surface area contributed by atoms with Gasteiger partial charge >= 0.3 is 0 Å². The Balaban J connectivity index is 2.10. The Morgan fingerprint density at radius 3 is 2.38 bits per heavy atom. The standard InChI is InChI=1S/C8H10O3S2/c9-12-3-4-13(10)8(12)5-6-1-2-7(8)11-6/h1-2,6-7H,3-5H2/t6-,7+,12+,13+/m0/s1. The lowest BCUT2D eigenvalue weighted by Gasteiger charge is -2.24. The molecule has 0 aromatic carbocycles. The molecule has 0 amide bonds. The van der Waals surface area contributed by atoms with Gasteiger partial charge in [-0.05, 0) is 0 Å². The highest BCUT2D eigenvalue weighted by atomic mass is 32.3. The van der Waals surface area contributed by atoms with Gasteiger partial charge in [0.25, 0.3) is 0 Å². The van der Waals surface area contributed by atoms with Gasteiger partial charge in [0.05, 0.1) is 6.10 Å². The fourth-order valence-corrected chi connectivity index (χ4v) is 7.03. The van der Waals surface area contributed by atoms with Crippen LogP contribution >= 0.6 is 0 Å². The van der Waals surface area contributed by atoms with Crippen molar-refractivity contribution in [2.24, 2.45) is 0 Å². The molecule has 72 valence electrons. The summed E-state index contributed by atoms with van der Waals surface area (Å²) >= 11 is 0. The van der Waals surface area contributed by atoms with Crippen LogP contribution in [0, 0.1) is 0 Å². The van der Waals surface area contributed by atoms with Crippen molar-refractivity contribution in [2.45, 2.75) is 22.7 Å². The van der Waals surface area contributed by atoms with Gasteiger partial charge in [0.1, 0.15) is 6.10 Å². The van der Waals surface area contributed by atoms with Crippen molar-refractivity contribution in [1.29, 1.82) is 0 Å². The highest BCUT2D eigenvalue weighted by molar-refractivity contribution is 8.07. The summed E-state index contributed by atoms with van der Waals surface area (Å²) in [7, 11) is -1.93. The van der Waals surface area contributed by atoms with E-state index in [1.165, 1.54) is 0 Å². The maximum Gasteiger partial charge on any atom is 0.153 e. The van der Waals surface area contributed by atoms with Gasteiger partial charge in [0, 0.05) is 39.5 Å². The number of fused-ring (bicyclic) bond motifs is 3. The molecule has 0 saturated carbocycles. The van der Waals surface area contributed by atoms with Crippen LogP contribution in [0.1, 0.15) is 6.42 Å². The van der Waals surface area contributed by atoms with Crippen LogP contribution in [0.3, 0.4) is 0 Å². The largest absolute Gasteiger partial charge is 0.364 e. The molecule has 13 heavy (non-hydrogen) atoms. The molecule has 5 heteroatoms. The molecular formula is C8H10O3S2. The van der Waals surface area contributed by atoms with Crippen LogP contribution in [0.2, 0.25) is 0 Å². The van der Waals surface area contributed by atoms with Crippen LogP contribution in [0.4, 0.5) is 0 Å². The third-order valence-electron chi connectivity index (χ3n) is 2.97. The summed E-state index contributed by atoms with van der Waals surface area (Å²) in [6.45, 7) is 0. The van der Waals surface area contributed by atoms with Crippen LogP contribution in [-0.2, 0) is 26.3 Å². The Kier molecular flexibility index (Phi) is 1.61. The molecule has 0 aromatic heterocycles. The van der Waals surface area contributed by atoms with Gasteiger partial charge < -0.3 is 4.74 Å². The number of rotatable bonds is 0. The van der Waals surface area contributed by atoms with E-state index in [9.17, 15) is 8.42 Å². The quantitative estimate of drug-likeness (QED) is 0.534. The second-order valence-electron chi connectivity index (χ2n) is 3.60. The molecule has 0 aromatic rings. The van der Waals surface area contributed by atoms with E-state index in [1.807, 2.05) is 12.2 Å². The Morgan fingerprint density at radius 1 is 1.23 bits per heavy atom. The summed E-state index contributed by atoms with van der Waals surface area (Å²) in [4.78, 5) is 0. The van der Waals surface area contributed by atoms with Gasteiger partial charge in [0.15, 0.2) is 4.08 Å². The zero-order chi connectivity index (χ0) is 9.05. The minimum absolute atomic E-state index is 0.0657. The first-order valence-corrected chi connectivity index (χ1v) is 6.98. The smallest absolute Gasteiger partial charge is 0.153 e. The highest BCUT2D eigenvalue weighted by Crippen LogP contribution is 2.46. The molecule has 0 radical (unpaired) electrons. The fourth-order valence-electron chi connectivity index (χ4n) is 2.31. The van der Waals surface area contributed by atoms with Crippen molar-refractivity contribution in [3.63, 3.8) is 0 Å². The predicted molar refractivity (Wildman–Crippen MR) is 51.2 cm³/mol. The molecule has 0 aliphatic carbocycles. The predicted octanol–water partition coefficient (Wildman–Crippen LogP) is -0.0790. The number of hydrogen-bond acceptors (Lipinski definition) is 3. The molecule has 3 rings (SSSR count). The maximum atomic E-state index is 11.8. The zero-order valence-corrected chi connectivity index (χ0v) is 8.60. The second-order valence-corrected chi connectivity index (χ2v) is 7.51. The van der Waals surface area contributed by atoms with Crippen molar-refractivity contribution in [1.82, 2.24) is 0 Å². The Labute approximate surface area is 81.4 Å². The van der Waals surface area contributed by atoms with Crippen LogP contribution in [0.5, 0.6) is 0 Å². The molecule has 4 atom stereocenters. The summed E-state index contributed by atoms with van der Waals surface area (Å²) in [5, 5.41) is 0. The fraction of sp³-hybridized carbons (Fsp3) is 0.750. The Hall–Kier alpha value is -0.0000000000000000763. The van der Waals surface area contributed by atoms with Crippen LogP contribution in [0.15, 0.2) is 12.2 Å². The van der Waals surface area contributed by atoms with E-state index in [0.29, 0.717) is 17.9 Å². The molecule has 3 aliphatic rings. The van der Waals surface area contributed by atoms with Gasteiger partial charge in [-0.25, -0.2) is 0 Å². The lowest BCUT2D eigenvalue weighted by Crippen LogP contribution is -2.42. The van der Waals surface area contributed by atoms with E-state index in [2.05, 4.69) is 0 Å². The number of ether oxygens (including phenoxy) is 1. The molecule has 3 aliphatic heterocycles. The van der Waals surface area contributed by atoms with Crippen LogP contribution in [0.25, 0.3) is 0 Å². The average Bonchev–Trinajstić information content (AvgIpc) is 2.77. The van der Waals surface area contributed by atoms with Crippen LogP contribution in [-0.4, -0.2) is 36.2 Å². The SMILES string of the molecule is O=[S@@]1CC[S@@](=O)C12C[C@@H]1C=C[C@H]2O1. The third kappa shape index (κ3) is 0.877. The first kappa shape index (κ1) is 8.32. The van der Waals surface area contributed by atoms with E-state index >= 15 is 0 Å². The summed E-state index contributed by atoms with van der Waals surface area (Å²) < 4.78 is 28.6. The minimum atomic E-state index is -0.963. The van der Waals surface area contributed by atoms with E-state index in [0.717, 1.165) is 0 Å². The first-order chi connectivity index (χ1) is 6.23. The van der Waals surface area contributed by atoms with Crippen molar-refractivity contribution in [3.8, 4) is 0 Å². The monoisotopic (exact) mass is 218 g/mol. The minimum Gasteiger partial charge on any atom is -0.364 e. The van der Waals surface area contributed by atoms with Crippen molar-refractivity contribution in [3.05, 3.63) is 12.2 Å². The molecule has 3 heterocycles. The molecule has 0 unspecified atom stereocenters. The summed E-state index contributed by atoms with van der Waals surface area (Å²) in [5.74, 6) is 1.15. The molecule has 2 saturated heterocycles. The van der Waals surface area contributed by atoms with Crippen molar-refractivity contribution < 1.29 is 13.2 Å². The Morgan fingerprint density at radius 2 is 1.92 bits per heavy atom. The molecule has 0 N–H and O–H groups in total. The van der Waals surface area contributed by atoms with Crippen molar-refractivity contribution in [2.75, 3.05) is 11.5 Å². The zero-order valence-electron chi connectivity index (χ0n) is 6.97. The molecule has 1 spiro atoms. The van der Waals surface area contributed by atoms with E-state index in [4.69, 9.17) is 4.74 Å². The van der Waals surface area contributed by atoms with E-state index in [1.54, 1.807) is 0 Å². The first-order valence-electron chi connectivity index (χ1n) is 4.34.